The number of benzene rings is 2. The molecule has 25 heavy (non-hydrogen) atoms. The van der Waals surface area contributed by atoms with Crippen LogP contribution in [0, 0.1) is 0 Å². The van der Waals surface area contributed by atoms with Crippen molar-refractivity contribution in [2.45, 2.75) is 13.0 Å². The lowest BCUT2D eigenvalue weighted by atomic mass is 10.1. The number of rotatable bonds is 5. The van der Waals surface area contributed by atoms with Gasteiger partial charge in [-0.1, -0.05) is 42.5 Å². The molecule has 134 valence electrons. The second kappa shape index (κ2) is 9.56. The van der Waals surface area contributed by atoms with Gasteiger partial charge in [-0.05, 0) is 29.7 Å². The molecule has 0 saturated carbocycles. The van der Waals surface area contributed by atoms with Crippen LogP contribution in [0.15, 0.2) is 54.6 Å². The molecule has 2 N–H and O–H groups in total. The molecule has 1 amide bonds. The van der Waals surface area contributed by atoms with Gasteiger partial charge < -0.3 is 10.6 Å². The summed E-state index contributed by atoms with van der Waals surface area (Å²) in [5.41, 5.74) is 8.78. The van der Waals surface area contributed by atoms with Crippen molar-refractivity contribution in [3.05, 3.63) is 71.3 Å². The fourth-order valence-electron chi connectivity index (χ4n) is 3.07. The zero-order valence-corrected chi connectivity index (χ0v) is 15.3. The molecule has 4 nitrogen and oxygen atoms in total. The minimum Gasteiger partial charge on any atom is -0.336 e. The number of nitrogens with zero attached hydrogens (tertiary/aromatic N) is 2. The molecule has 1 saturated heterocycles. The first-order chi connectivity index (χ1) is 11.8. The van der Waals surface area contributed by atoms with Crippen molar-refractivity contribution >= 4 is 18.3 Å². The highest BCUT2D eigenvalue weighted by atomic mass is 35.5. The van der Waals surface area contributed by atoms with E-state index < -0.39 is 0 Å². The molecule has 5 heteroatoms. The topological polar surface area (TPSA) is 49.6 Å². The summed E-state index contributed by atoms with van der Waals surface area (Å²) in [6.07, 6.45) is 1.06. The van der Waals surface area contributed by atoms with E-state index in [1.807, 2.05) is 35.2 Å². The molecule has 1 fully saturated rings. The van der Waals surface area contributed by atoms with Gasteiger partial charge in [0.05, 0.1) is 0 Å². The van der Waals surface area contributed by atoms with E-state index in [1.54, 1.807) is 0 Å². The Bertz CT molecular complexity index is 652. The Morgan fingerprint density at radius 3 is 2.12 bits per heavy atom. The molecule has 2 aromatic rings. The molecule has 0 radical (unpaired) electrons. The number of piperazine rings is 1. The van der Waals surface area contributed by atoms with Gasteiger partial charge in [0.25, 0.3) is 5.91 Å². The van der Waals surface area contributed by atoms with Gasteiger partial charge in [-0.3, -0.25) is 9.69 Å². The van der Waals surface area contributed by atoms with Crippen molar-refractivity contribution in [3.63, 3.8) is 0 Å². The fraction of sp³-hybridized carbons (Fsp3) is 0.350. The highest BCUT2D eigenvalue weighted by Gasteiger charge is 2.21. The maximum Gasteiger partial charge on any atom is 0.253 e. The number of halogens is 1. The lowest BCUT2D eigenvalue weighted by Crippen LogP contribution is -2.49. The number of nitrogens with two attached hydrogens (primary N) is 1. The monoisotopic (exact) mass is 359 g/mol. The van der Waals surface area contributed by atoms with Gasteiger partial charge in [-0.2, -0.15) is 0 Å². The third-order valence-corrected chi connectivity index (χ3v) is 4.66. The van der Waals surface area contributed by atoms with Gasteiger partial charge in [0, 0.05) is 44.8 Å². The standard InChI is InChI=1S/C20H25N3O.ClH/c21-16-18-6-8-19(9-7-18)20(24)23-14-12-22(13-15-23)11-10-17-4-2-1-3-5-17;/h1-9H,10-16,21H2;1H. The average Bonchev–Trinajstić information content (AvgIpc) is 2.67. The molecule has 0 unspecified atom stereocenters. The molecule has 1 aliphatic rings. The predicted molar refractivity (Wildman–Crippen MR) is 104 cm³/mol. The zero-order valence-electron chi connectivity index (χ0n) is 14.4. The summed E-state index contributed by atoms with van der Waals surface area (Å²) in [6, 6.07) is 18.2. The molecule has 0 bridgehead atoms. The summed E-state index contributed by atoms with van der Waals surface area (Å²) in [5, 5.41) is 0. The third-order valence-electron chi connectivity index (χ3n) is 4.66. The summed E-state index contributed by atoms with van der Waals surface area (Å²) >= 11 is 0. The van der Waals surface area contributed by atoms with Gasteiger partial charge in [0.1, 0.15) is 0 Å². The maximum absolute atomic E-state index is 12.6. The highest BCUT2D eigenvalue weighted by Crippen LogP contribution is 2.11. The van der Waals surface area contributed by atoms with Gasteiger partial charge >= 0.3 is 0 Å². The first-order valence-electron chi connectivity index (χ1n) is 8.61. The van der Waals surface area contributed by atoms with E-state index >= 15 is 0 Å². The van der Waals surface area contributed by atoms with Crippen LogP contribution < -0.4 is 5.73 Å². The van der Waals surface area contributed by atoms with Crippen molar-refractivity contribution in [2.24, 2.45) is 5.73 Å². The van der Waals surface area contributed by atoms with Crippen molar-refractivity contribution < 1.29 is 4.79 Å². The van der Waals surface area contributed by atoms with Crippen LogP contribution in [0.1, 0.15) is 21.5 Å². The lowest BCUT2D eigenvalue weighted by Gasteiger charge is -2.34. The summed E-state index contributed by atoms with van der Waals surface area (Å²) in [5.74, 6) is 0.126. The molecule has 0 atom stereocenters. The second-order valence-electron chi connectivity index (χ2n) is 6.27. The van der Waals surface area contributed by atoms with Crippen molar-refractivity contribution in [1.82, 2.24) is 9.80 Å². The molecule has 1 aliphatic heterocycles. The highest BCUT2D eigenvalue weighted by molar-refractivity contribution is 5.94. The zero-order chi connectivity index (χ0) is 16.8. The van der Waals surface area contributed by atoms with Crippen LogP contribution in [0.3, 0.4) is 0 Å². The maximum atomic E-state index is 12.6. The van der Waals surface area contributed by atoms with E-state index in [2.05, 4.69) is 29.2 Å². The van der Waals surface area contributed by atoms with Gasteiger partial charge in [-0.15, -0.1) is 12.4 Å². The Hall–Kier alpha value is -1.88. The van der Waals surface area contributed by atoms with Crippen LogP contribution in [0.5, 0.6) is 0 Å². The summed E-state index contributed by atoms with van der Waals surface area (Å²) in [6.45, 7) is 5.04. The molecule has 3 rings (SSSR count). The van der Waals surface area contributed by atoms with Crippen LogP contribution >= 0.6 is 12.4 Å². The quantitative estimate of drug-likeness (QED) is 0.892. The van der Waals surface area contributed by atoms with E-state index in [-0.39, 0.29) is 18.3 Å². The van der Waals surface area contributed by atoms with Crippen LogP contribution in [0.4, 0.5) is 0 Å². The van der Waals surface area contributed by atoms with Crippen LogP contribution in [-0.2, 0) is 13.0 Å². The molecule has 0 aromatic heterocycles. The minimum absolute atomic E-state index is 0. The minimum atomic E-state index is 0. The predicted octanol–water partition coefficient (Wildman–Crippen LogP) is 2.57. The second-order valence-corrected chi connectivity index (χ2v) is 6.27. The van der Waals surface area contributed by atoms with Crippen LogP contribution in [-0.4, -0.2) is 48.4 Å². The third kappa shape index (κ3) is 5.30. The summed E-state index contributed by atoms with van der Waals surface area (Å²) in [4.78, 5) is 17.0. The van der Waals surface area contributed by atoms with E-state index in [0.717, 1.165) is 50.3 Å². The Morgan fingerprint density at radius 1 is 0.880 bits per heavy atom. The molecule has 0 aliphatic carbocycles. The molecular formula is C20H26ClN3O. The van der Waals surface area contributed by atoms with Gasteiger partial charge in [-0.25, -0.2) is 0 Å². The number of hydrogen-bond donors (Lipinski definition) is 1. The molecule has 1 heterocycles. The van der Waals surface area contributed by atoms with Crippen molar-refractivity contribution in [3.8, 4) is 0 Å². The number of hydrogen-bond acceptors (Lipinski definition) is 3. The normalized spacial score (nSPS) is 14.8. The number of carbonyl (C=O) groups is 1. The molecule has 2 aromatic carbocycles. The largest absolute Gasteiger partial charge is 0.336 e. The Balaban J connectivity index is 0.00000225. The first kappa shape index (κ1) is 19.4. The Morgan fingerprint density at radius 2 is 1.52 bits per heavy atom. The smallest absolute Gasteiger partial charge is 0.253 e. The van der Waals surface area contributed by atoms with Crippen molar-refractivity contribution in [1.29, 1.82) is 0 Å². The van der Waals surface area contributed by atoms with Crippen molar-refractivity contribution in [2.75, 3.05) is 32.7 Å². The van der Waals surface area contributed by atoms with E-state index in [9.17, 15) is 4.79 Å². The SMILES string of the molecule is Cl.NCc1ccc(C(=O)N2CCN(CCc3ccccc3)CC2)cc1. The number of carbonyl (C=O) groups excluding carboxylic acids is 1. The van der Waals surface area contributed by atoms with Gasteiger partial charge in [0.2, 0.25) is 0 Å². The Kier molecular flexibility index (Phi) is 7.44. The summed E-state index contributed by atoms with van der Waals surface area (Å²) < 4.78 is 0. The van der Waals surface area contributed by atoms with Gasteiger partial charge in [0.15, 0.2) is 0 Å². The fourth-order valence-corrected chi connectivity index (χ4v) is 3.07. The Labute approximate surface area is 156 Å². The average molecular weight is 360 g/mol. The molecule has 0 spiro atoms. The number of amides is 1. The van der Waals surface area contributed by atoms with Crippen LogP contribution in [0.25, 0.3) is 0 Å². The lowest BCUT2D eigenvalue weighted by molar-refractivity contribution is 0.0638. The van der Waals surface area contributed by atoms with Crippen LogP contribution in [0.2, 0.25) is 0 Å². The molecular weight excluding hydrogens is 334 g/mol. The van der Waals surface area contributed by atoms with E-state index in [0.29, 0.717) is 6.54 Å². The summed E-state index contributed by atoms with van der Waals surface area (Å²) in [7, 11) is 0. The van der Waals surface area contributed by atoms with E-state index in [1.165, 1.54) is 5.56 Å². The van der Waals surface area contributed by atoms with E-state index in [4.69, 9.17) is 5.73 Å². The first-order valence-corrected chi connectivity index (χ1v) is 8.61.